The van der Waals surface area contributed by atoms with E-state index in [4.69, 9.17) is 5.73 Å². The number of hydrogen-bond donors (Lipinski definition) is 2. The Labute approximate surface area is 85.8 Å². The lowest BCUT2D eigenvalue weighted by atomic mass is 9.98. The van der Waals surface area contributed by atoms with Gasteiger partial charge in [0.1, 0.15) is 0 Å². The first-order chi connectivity index (χ1) is 6.06. The third-order valence-electron chi connectivity index (χ3n) is 2.46. The standard InChI is InChI=1S/C11H17NS/c1-7-4-9(3)10(5-8(7)2)11(13)6-12/h4-5,11,13H,6,12H2,1-3H3. The number of aryl methyl sites for hydroxylation is 3. The predicted molar refractivity (Wildman–Crippen MR) is 61.4 cm³/mol. The van der Waals surface area contributed by atoms with Gasteiger partial charge in [0.15, 0.2) is 0 Å². The maximum Gasteiger partial charge on any atom is 0.0392 e. The summed E-state index contributed by atoms with van der Waals surface area (Å²) in [4.78, 5) is 0. The molecule has 13 heavy (non-hydrogen) atoms. The molecule has 0 bridgehead atoms. The molecule has 0 fully saturated rings. The Kier molecular flexibility index (Phi) is 3.40. The largest absolute Gasteiger partial charge is 0.329 e. The molecule has 0 saturated heterocycles. The van der Waals surface area contributed by atoms with Gasteiger partial charge in [0, 0.05) is 11.8 Å². The highest BCUT2D eigenvalue weighted by Crippen LogP contribution is 2.24. The minimum absolute atomic E-state index is 0.166. The zero-order valence-corrected chi connectivity index (χ0v) is 9.36. The van der Waals surface area contributed by atoms with Crippen LogP contribution in [-0.4, -0.2) is 6.54 Å². The number of benzene rings is 1. The maximum absolute atomic E-state index is 5.58. The fourth-order valence-electron chi connectivity index (χ4n) is 1.47. The Morgan fingerprint density at radius 3 is 2.23 bits per heavy atom. The summed E-state index contributed by atoms with van der Waals surface area (Å²) in [7, 11) is 0. The minimum Gasteiger partial charge on any atom is -0.329 e. The van der Waals surface area contributed by atoms with Crippen LogP contribution >= 0.6 is 12.6 Å². The fraction of sp³-hybridized carbons (Fsp3) is 0.455. The topological polar surface area (TPSA) is 26.0 Å². The molecule has 1 aromatic rings. The van der Waals surface area contributed by atoms with Crippen molar-refractivity contribution in [3.63, 3.8) is 0 Å². The molecule has 1 aromatic carbocycles. The van der Waals surface area contributed by atoms with Gasteiger partial charge in [-0.25, -0.2) is 0 Å². The predicted octanol–water partition coefficient (Wildman–Crippen LogP) is 2.54. The normalized spacial score (nSPS) is 13.0. The zero-order valence-electron chi connectivity index (χ0n) is 8.46. The Morgan fingerprint density at radius 2 is 1.69 bits per heavy atom. The highest BCUT2D eigenvalue weighted by Gasteiger charge is 2.08. The lowest BCUT2D eigenvalue weighted by molar-refractivity contribution is 0.935. The summed E-state index contributed by atoms with van der Waals surface area (Å²) >= 11 is 4.45. The molecule has 0 saturated carbocycles. The first kappa shape index (κ1) is 10.6. The molecule has 2 N–H and O–H groups in total. The molecule has 0 heterocycles. The van der Waals surface area contributed by atoms with Crippen LogP contribution in [0.25, 0.3) is 0 Å². The van der Waals surface area contributed by atoms with Crippen molar-refractivity contribution in [1.82, 2.24) is 0 Å². The zero-order chi connectivity index (χ0) is 10.0. The molecule has 0 aliphatic carbocycles. The number of rotatable bonds is 2. The summed E-state index contributed by atoms with van der Waals surface area (Å²) in [6, 6.07) is 4.39. The molecule has 0 aromatic heterocycles. The van der Waals surface area contributed by atoms with Gasteiger partial charge in [0.2, 0.25) is 0 Å². The lowest BCUT2D eigenvalue weighted by Gasteiger charge is -2.14. The van der Waals surface area contributed by atoms with Gasteiger partial charge in [-0.3, -0.25) is 0 Å². The van der Waals surface area contributed by atoms with Crippen molar-refractivity contribution in [3.05, 3.63) is 34.4 Å². The molecule has 2 heteroatoms. The fourth-order valence-corrected chi connectivity index (χ4v) is 1.75. The van der Waals surface area contributed by atoms with Crippen LogP contribution in [0.15, 0.2) is 12.1 Å². The third kappa shape index (κ3) is 2.26. The van der Waals surface area contributed by atoms with Crippen molar-refractivity contribution in [2.45, 2.75) is 26.0 Å². The SMILES string of the molecule is Cc1cc(C)c(C(S)CN)cc1C. The molecule has 1 rings (SSSR count). The van der Waals surface area contributed by atoms with E-state index < -0.39 is 0 Å². The van der Waals surface area contributed by atoms with E-state index in [0.717, 1.165) is 0 Å². The number of hydrogen-bond acceptors (Lipinski definition) is 2. The van der Waals surface area contributed by atoms with Gasteiger partial charge >= 0.3 is 0 Å². The van der Waals surface area contributed by atoms with Gasteiger partial charge < -0.3 is 5.73 Å². The quantitative estimate of drug-likeness (QED) is 0.697. The van der Waals surface area contributed by atoms with E-state index in [1.807, 2.05) is 0 Å². The van der Waals surface area contributed by atoms with Crippen LogP contribution in [-0.2, 0) is 0 Å². The van der Waals surface area contributed by atoms with Crippen molar-refractivity contribution < 1.29 is 0 Å². The number of nitrogens with two attached hydrogens (primary N) is 1. The molecule has 0 radical (unpaired) electrons. The lowest BCUT2D eigenvalue weighted by Crippen LogP contribution is -2.08. The van der Waals surface area contributed by atoms with Crippen LogP contribution in [0.1, 0.15) is 27.5 Å². The van der Waals surface area contributed by atoms with Gasteiger partial charge in [0.25, 0.3) is 0 Å². The van der Waals surface area contributed by atoms with Crippen LogP contribution in [0.5, 0.6) is 0 Å². The third-order valence-corrected chi connectivity index (χ3v) is 2.95. The summed E-state index contributed by atoms with van der Waals surface area (Å²) in [5, 5.41) is 0.166. The Hall–Kier alpha value is -0.470. The molecule has 72 valence electrons. The summed E-state index contributed by atoms with van der Waals surface area (Å²) < 4.78 is 0. The highest BCUT2D eigenvalue weighted by molar-refractivity contribution is 7.80. The van der Waals surface area contributed by atoms with E-state index in [0.29, 0.717) is 6.54 Å². The van der Waals surface area contributed by atoms with Crippen LogP contribution in [0, 0.1) is 20.8 Å². The molecule has 1 unspecified atom stereocenters. The van der Waals surface area contributed by atoms with Crippen LogP contribution in [0.2, 0.25) is 0 Å². The molecular formula is C11H17NS. The molecule has 0 spiro atoms. The van der Waals surface area contributed by atoms with Crippen molar-refractivity contribution in [1.29, 1.82) is 0 Å². The summed E-state index contributed by atoms with van der Waals surface area (Å²) in [6.45, 7) is 6.95. The van der Waals surface area contributed by atoms with Crippen molar-refractivity contribution in [3.8, 4) is 0 Å². The van der Waals surface area contributed by atoms with E-state index in [1.165, 1.54) is 22.3 Å². The van der Waals surface area contributed by atoms with E-state index in [9.17, 15) is 0 Å². The van der Waals surface area contributed by atoms with Gasteiger partial charge in [-0.1, -0.05) is 12.1 Å². The average molecular weight is 195 g/mol. The second kappa shape index (κ2) is 4.16. The van der Waals surface area contributed by atoms with Crippen LogP contribution < -0.4 is 5.73 Å². The molecule has 0 aliphatic rings. The van der Waals surface area contributed by atoms with Gasteiger partial charge in [-0.2, -0.15) is 12.6 Å². The molecule has 0 aliphatic heterocycles. The monoisotopic (exact) mass is 195 g/mol. The van der Waals surface area contributed by atoms with Crippen LogP contribution in [0.3, 0.4) is 0 Å². The Morgan fingerprint density at radius 1 is 1.15 bits per heavy atom. The molecule has 1 nitrogen and oxygen atoms in total. The Balaban J connectivity index is 3.15. The van der Waals surface area contributed by atoms with Crippen LogP contribution in [0.4, 0.5) is 0 Å². The summed E-state index contributed by atoms with van der Waals surface area (Å²) in [6.07, 6.45) is 0. The molecule has 1 atom stereocenters. The Bertz CT molecular complexity index is 307. The summed E-state index contributed by atoms with van der Waals surface area (Å²) in [5.74, 6) is 0. The first-order valence-corrected chi connectivity index (χ1v) is 5.03. The van der Waals surface area contributed by atoms with E-state index in [2.05, 4.69) is 45.5 Å². The van der Waals surface area contributed by atoms with Crippen molar-refractivity contribution >= 4 is 12.6 Å². The minimum atomic E-state index is 0.166. The average Bonchev–Trinajstić information content (AvgIpc) is 2.10. The smallest absolute Gasteiger partial charge is 0.0392 e. The highest BCUT2D eigenvalue weighted by atomic mass is 32.1. The van der Waals surface area contributed by atoms with E-state index >= 15 is 0 Å². The molecular weight excluding hydrogens is 178 g/mol. The number of thiol groups is 1. The maximum atomic E-state index is 5.58. The van der Waals surface area contributed by atoms with E-state index in [1.54, 1.807) is 0 Å². The molecule has 0 amide bonds. The van der Waals surface area contributed by atoms with Gasteiger partial charge in [0.05, 0.1) is 0 Å². The summed E-state index contributed by atoms with van der Waals surface area (Å²) in [5.41, 5.74) is 10.8. The second-order valence-corrected chi connectivity index (χ2v) is 4.17. The van der Waals surface area contributed by atoms with Gasteiger partial charge in [-0.05, 0) is 43.0 Å². The van der Waals surface area contributed by atoms with E-state index in [-0.39, 0.29) is 5.25 Å². The van der Waals surface area contributed by atoms with Gasteiger partial charge in [-0.15, -0.1) is 0 Å². The van der Waals surface area contributed by atoms with Crippen molar-refractivity contribution in [2.75, 3.05) is 6.54 Å². The first-order valence-electron chi connectivity index (χ1n) is 4.52. The second-order valence-electron chi connectivity index (χ2n) is 3.54. The van der Waals surface area contributed by atoms with Crippen molar-refractivity contribution in [2.24, 2.45) is 5.73 Å².